The standard InChI is InChI=1S/C26H30FN3O6/c1-4-15-35-30-22(25-29-28-24(36-25)19-9-11-20(27)12-10-19)17-34-21-13-7-18(8-14-21)16-23(32-5-2)26(31)33-6-3/h7-14,17,23,30H,4-6,15-16H2,1-3H3. The molecule has 0 aliphatic rings. The van der Waals surface area contributed by atoms with Crippen molar-refractivity contribution in [2.45, 2.75) is 39.7 Å². The molecule has 36 heavy (non-hydrogen) atoms. The summed E-state index contributed by atoms with van der Waals surface area (Å²) in [5.41, 5.74) is 4.55. The van der Waals surface area contributed by atoms with Crippen LogP contribution in [0.5, 0.6) is 5.75 Å². The number of hydroxylamine groups is 1. The Morgan fingerprint density at radius 1 is 1.06 bits per heavy atom. The van der Waals surface area contributed by atoms with Crippen LogP contribution in [0.2, 0.25) is 0 Å². The molecule has 0 amide bonds. The van der Waals surface area contributed by atoms with Gasteiger partial charge in [0, 0.05) is 18.6 Å². The van der Waals surface area contributed by atoms with Crippen molar-refractivity contribution in [3.63, 3.8) is 0 Å². The fraction of sp³-hybridized carbons (Fsp3) is 0.346. The first-order chi connectivity index (χ1) is 17.5. The smallest absolute Gasteiger partial charge is 0.335 e. The van der Waals surface area contributed by atoms with Crippen molar-refractivity contribution in [2.24, 2.45) is 0 Å². The summed E-state index contributed by atoms with van der Waals surface area (Å²) >= 11 is 0. The molecule has 1 heterocycles. The van der Waals surface area contributed by atoms with Crippen LogP contribution in [-0.4, -0.2) is 42.1 Å². The maximum atomic E-state index is 13.2. The van der Waals surface area contributed by atoms with Crippen molar-refractivity contribution >= 4 is 11.7 Å². The number of halogens is 1. The summed E-state index contributed by atoms with van der Waals surface area (Å²) in [5, 5.41) is 8.06. The molecule has 1 aromatic heterocycles. The summed E-state index contributed by atoms with van der Waals surface area (Å²) in [5.74, 6) is 0.155. The first-order valence-corrected chi connectivity index (χ1v) is 11.8. The fourth-order valence-corrected chi connectivity index (χ4v) is 3.08. The van der Waals surface area contributed by atoms with E-state index in [-0.39, 0.29) is 23.6 Å². The minimum Gasteiger partial charge on any atom is -0.464 e. The molecule has 0 spiro atoms. The van der Waals surface area contributed by atoms with Crippen molar-refractivity contribution in [3.8, 4) is 17.2 Å². The average Bonchev–Trinajstić information content (AvgIpc) is 3.37. The highest BCUT2D eigenvalue weighted by Crippen LogP contribution is 2.22. The summed E-state index contributed by atoms with van der Waals surface area (Å²) in [6, 6.07) is 12.9. The monoisotopic (exact) mass is 499 g/mol. The third-order valence-corrected chi connectivity index (χ3v) is 4.81. The number of nitrogens with zero attached hydrogens (tertiary/aromatic N) is 2. The van der Waals surface area contributed by atoms with Crippen LogP contribution >= 0.6 is 0 Å². The molecule has 1 N–H and O–H groups in total. The molecule has 0 saturated carbocycles. The number of hydrogen-bond acceptors (Lipinski definition) is 9. The summed E-state index contributed by atoms with van der Waals surface area (Å²) in [6.45, 7) is 6.72. The largest absolute Gasteiger partial charge is 0.464 e. The maximum Gasteiger partial charge on any atom is 0.335 e. The molecule has 10 heteroatoms. The lowest BCUT2D eigenvalue weighted by molar-refractivity contribution is -0.156. The van der Waals surface area contributed by atoms with Gasteiger partial charge in [-0.3, -0.25) is 10.3 Å². The highest BCUT2D eigenvalue weighted by atomic mass is 19.1. The third kappa shape index (κ3) is 7.89. The van der Waals surface area contributed by atoms with Crippen molar-refractivity contribution in [1.82, 2.24) is 15.7 Å². The van der Waals surface area contributed by atoms with Gasteiger partial charge in [0.25, 0.3) is 5.89 Å². The Balaban J connectivity index is 1.71. The minimum atomic E-state index is -0.666. The topological polar surface area (TPSA) is 105 Å². The Labute approximate surface area is 209 Å². The molecule has 0 bridgehead atoms. The van der Waals surface area contributed by atoms with Crippen molar-refractivity contribution in [2.75, 3.05) is 19.8 Å². The van der Waals surface area contributed by atoms with Gasteiger partial charge in [-0.1, -0.05) is 19.1 Å². The number of hydrogen-bond donors (Lipinski definition) is 1. The third-order valence-electron chi connectivity index (χ3n) is 4.81. The lowest BCUT2D eigenvalue weighted by Gasteiger charge is -2.15. The van der Waals surface area contributed by atoms with Gasteiger partial charge in [0.15, 0.2) is 11.8 Å². The molecule has 1 unspecified atom stereocenters. The number of ether oxygens (including phenoxy) is 3. The molecule has 9 nitrogen and oxygen atoms in total. The number of aromatic nitrogens is 2. The van der Waals surface area contributed by atoms with Crippen LogP contribution in [0.15, 0.2) is 59.2 Å². The normalized spacial score (nSPS) is 12.3. The van der Waals surface area contributed by atoms with Gasteiger partial charge in [-0.15, -0.1) is 10.2 Å². The Hall–Kier alpha value is -3.76. The van der Waals surface area contributed by atoms with E-state index in [1.807, 2.05) is 26.0 Å². The molecule has 0 radical (unpaired) electrons. The van der Waals surface area contributed by atoms with E-state index in [0.29, 0.717) is 43.3 Å². The lowest BCUT2D eigenvalue weighted by Crippen LogP contribution is -2.28. The van der Waals surface area contributed by atoms with Crippen LogP contribution in [0.4, 0.5) is 4.39 Å². The maximum absolute atomic E-state index is 13.2. The van der Waals surface area contributed by atoms with Crippen LogP contribution in [0.1, 0.15) is 38.6 Å². The van der Waals surface area contributed by atoms with Gasteiger partial charge in [0.1, 0.15) is 17.8 Å². The number of carbonyl (C=O) groups excluding carboxylic acids is 1. The Morgan fingerprint density at radius 3 is 2.47 bits per heavy atom. The zero-order chi connectivity index (χ0) is 25.8. The molecule has 0 saturated heterocycles. The van der Waals surface area contributed by atoms with Gasteiger partial charge in [0.2, 0.25) is 5.89 Å². The van der Waals surface area contributed by atoms with Crippen LogP contribution in [0, 0.1) is 5.82 Å². The molecule has 0 aliphatic heterocycles. The van der Waals surface area contributed by atoms with E-state index >= 15 is 0 Å². The summed E-state index contributed by atoms with van der Waals surface area (Å²) < 4.78 is 35.3. The second-order valence-electron chi connectivity index (χ2n) is 7.56. The number of benzene rings is 2. The van der Waals surface area contributed by atoms with Crippen molar-refractivity contribution in [3.05, 3.63) is 72.1 Å². The molecule has 2 aromatic carbocycles. The zero-order valence-electron chi connectivity index (χ0n) is 20.5. The molecular weight excluding hydrogens is 469 g/mol. The first-order valence-electron chi connectivity index (χ1n) is 11.8. The zero-order valence-corrected chi connectivity index (χ0v) is 20.5. The molecule has 1 atom stereocenters. The van der Waals surface area contributed by atoms with Crippen LogP contribution in [-0.2, 0) is 25.5 Å². The van der Waals surface area contributed by atoms with Gasteiger partial charge in [0.05, 0.1) is 13.2 Å². The first kappa shape index (κ1) is 26.8. The van der Waals surface area contributed by atoms with E-state index < -0.39 is 6.10 Å². The second kappa shape index (κ2) is 14.0. The fourth-order valence-electron chi connectivity index (χ4n) is 3.08. The second-order valence-corrected chi connectivity index (χ2v) is 7.56. The number of nitrogens with one attached hydrogen (secondary N) is 1. The van der Waals surface area contributed by atoms with Gasteiger partial charge >= 0.3 is 5.97 Å². The van der Waals surface area contributed by atoms with Gasteiger partial charge < -0.3 is 18.6 Å². The van der Waals surface area contributed by atoms with E-state index in [2.05, 4.69) is 15.7 Å². The van der Waals surface area contributed by atoms with Crippen LogP contribution in [0.3, 0.4) is 0 Å². The molecule has 3 rings (SSSR count). The highest BCUT2D eigenvalue weighted by molar-refractivity contribution is 5.75. The highest BCUT2D eigenvalue weighted by Gasteiger charge is 2.20. The summed E-state index contributed by atoms with van der Waals surface area (Å²) in [7, 11) is 0. The average molecular weight is 500 g/mol. The quantitative estimate of drug-likeness (QED) is 0.146. The van der Waals surface area contributed by atoms with E-state index in [9.17, 15) is 9.18 Å². The van der Waals surface area contributed by atoms with E-state index in [4.69, 9.17) is 23.5 Å². The molecule has 192 valence electrons. The molecule has 0 aliphatic carbocycles. The van der Waals surface area contributed by atoms with Gasteiger partial charge in [-0.05, 0) is 62.2 Å². The molecule has 3 aromatic rings. The molecular formula is C26H30FN3O6. The number of rotatable bonds is 14. The molecule has 0 fully saturated rings. The lowest BCUT2D eigenvalue weighted by atomic mass is 10.1. The Morgan fingerprint density at radius 2 is 1.81 bits per heavy atom. The van der Waals surface area contributed by atoms with Crippen molar-refractivity contribution < 1.29 is 32.7 Å². The SMILES string of the molecule is CCCONC(=COc1ccc(CC(OCC)C(=O)OCC)cc1)c1nnc(-c2ccc(F)cc2)o1. The predicted octanol–water partition coefficient (Wildman–Crippen LogP) is 4.70. The van der Waals surface area contributed by atoms with Crippen LogP contribution in [0.25, 0.3) is 17.2 Å². The predicted molar refractivity (Wildman–Crippen MR) is 130 cm³/mol. The Kier molecular flexibility index (Phi) is 10.4. The van der Waals surface area contributed by atoms with Crippen molar-refractivity contribution in [1.29, 1.82) is 0 Å². The number of esters is 1. The number of carbonyl (C=O) groups is 1. The van der Waals surface area contributed by atoms with E-state index in [1.165, 1.54) is 18.4 Å². The van der Waals surface area contributed by atoms with Gasteiger partial charge in [-0.25, -0.2) is 9.18 Å². The Bertz CT molecular complexity index is 1120. The summed E-state index contributed by atoms with van der Waals surface area (Å²) in [4.78, 5) is 17.5. The summed E-state index contributed by atoms with van der Waals surface area (Å²) in [6.07, 6.45) is 1.91. The minimum absolute atomic E-state index is 0.135. The van der Waals surface area contributed by atoms with E-state index in [0.717, 1.165) is 12.0 Å². The van der Waals surface area contributed by atoms with Crippen LogP contribution < -0.4 is 10.2 Å². The van der Waals surface area contributed by atoms with Gasteiger partial charge in [-0.2, -0.15) is 0 Å². The van der Waals surface area contributed by atoms with E-state index in [1.54, 1.807) is 31.2 Å².